The molecule has 3 aliphatic heterocycles. The van der Waals surface area contributed by atoms with Crippen LogP contribution in [0, 0.1) is 11.8 Å². The summed E-state index contributed by atoms with van der Waals surface area (Å²) in [6.45, 7) is 6.76. The average Bonchev–Trinajstić information content (AvgIpc) is 2.74. The first kappa shape index (κ1) is 11.9. The Morgan fingerprint density at radius 1 is 1.18 bits per heavy atom. The van der Waals surface area contributed by atoms with Crippen LogP contribution in [-0.2, 0) is 4.74 Å². The van der Waals surface area contributed by atoms with E-state index in [4.69, 9.17) is 10.5 Å². The van der Waals surface area contributed by atoms with Gasteiger partial charge in [-0.05, 0) is 31.7 Å². The summed E-state index contributed by atoms with van der Waals surface area (Å²) in [5.41, 5.74) is 6.33. The maximum absolute atomic E-state index is 6.33. The number of ether oxygens (including phenoxy) is 1. The van der Waals surface area contributed by atoms with Gasteiger partial charge in [-0.3, -0.25) is 4.90 Å². The molecule has 0 spiro atoms. The van der Waals surface area contributed by atoms with E-state index in [0.29, 0.717) is 24.0 Å². The SMILES string of the molecule is CN1CC2CN(CC3CCCO3)CC(C1)C2N. The Balaban J connectivity index is 1.58. The maximum atomic E-state index is 6.33. The van der Waals surface area contributed by atoms with Gasteiger partial charge in [-0.2, -0.15) is 0 Å². The Hall–Kier alpha value is -0.160. The standard InChI is InChI=1S/C13H25N3O/c1-15-5-10-7-16(8-11(6-15)13(10)14)9-12-3-2-4-17-12/h10-13H,2-9,14H2,1H3. The van der Waals surface area contributed by atoms with Gasteiger partial charge in [0.05, 0.1) is 6.10 Å². The predicted octanol–water partition coefficient (Wildman–Crippen LogP) is -0.0139. The lowest BCUT2D eigenvalue weighted by Crippen LogP contribution is -2.62. The van der Waals surface area contributed by atoms with Crippen LogP contribution in [0.15, 0.2) is 0 Å². The minimum absolute atomic E-state index is 0.423. The fourth-order valence-electron chi connectivity index (χ4n) is 3.83. The lowest BCUT2D eigenvalue weighted by Gasteiger charge is -2.49. The van der Waals surface area contributed by atoms with Crippen LogP contribution < -0.4 is 5.73 Å². The van der Waals surface area contributed by atoms with Crippen molar-refractivity contribution in [3.63, 3.8) is 0 Å². The van der Waals surface area contributed by atoms with Crippen LogP contribution in [0.25, 0.3) is 0 Å². The van der Waals surface area contributed by atoms with Crippen molar-refractivity contribution in [3.8, 4) is 0 Å². The molecule has 4 heteroatoms. The van der Waals surface area contributed by atoms with E-state index in [1.54, 1.807) is 0 Å². The molecule has 4 nitrogen and oxygen atoms in total. The Morgan fingerprint density at radius 3 is 2.47 bits per heavy atom. The Morgan fingerprint density at radius 2 is 1.88 bits per heavy atom. The van der Waals surface area contributed by atoms with Gasteiger partial charge in [-0.25, -0.2) is 0 Å². The third-order valence-electron chi connectivity index (χ3n) is 4.65. The zero-order valence-electron chi connectivity index (χ0n) is 10.8. The first-order valence-corrected chi connectivity index (χ1v) is 7.00. The normalized spacial score (nSPS) is 44.1. The predicted molar refractivity (Wildman–Crippen MR) is 67.9 cm³/mol. The highest BCUT2D eigenvalue weighted by atomic mass is 16.5. The number of rotatable bonds is 2. The van der Waals surface area contributed by atoms with E-state index in [1.165, 1.54) is 39.0 Å². The van der Waals surface area contributed by atoms with Crippen molar-refractivity contribution in [3.05, 3.63) is 0 Å². The molecule has 3 unspecified atom stereocenters. The molecule has 0 aromatic carbocycles. The van der Waals surface area contributed by atoms with E-state index >= 15 is 0 Å². The number of piperidine rings is 2. The molecule has 2 bridgehead atoms. The zero-order chi connectivity index (χ0) is 11.8. The van der Waals surface area contributed by atoms with Crippen molar-refractivity contribution < 1.29 is 4.74 Å². The fourth-order valence-corrected chi connectivity index (χ4v) is 3.83. The third kappa shape index (κ3) is 2.50. The Labute approximate surface area is 104 Å². The molecule has 0 aliphatic carbocycles. The second-order valence-corrected chi connectivity index (χ2v) is 6.17. The van der Waals surface area contributed by atoms with Crippen LogP contribution in [0.1, 0.15) is 12.8 Å². The van der Waals surface area contributed by atoms with Crippen molar-refractivity contribution in [1.82, 2.24) is 9.80 Å². The molecule has 0 amide bonds. The molecule has 2 N–H and O–H groups in total. The van der Waals surface area contributed by atoms with Crippen LogP contribution in [0.2, 0.25) is 0 Å². The van der Waals surface area contributed by atoms with E-state index < -0.39 is 0 Å². The van der Waals surface area contributed by atoms with Gasteiger partial charge in [0.25, 0.3) is 0 Å². The van der Waals surface area contributed by atoms with Crippen molar-refractivity contribution in [1.29, 1.82) is 0 Å². The van der Waals surface area contributed by atoms with Crippen LogP contribution in [-0.4, -0.2) is 68.3 Å². The van der Waals surface area contributed by atoms with E-state index in [9.17, 15) is 0 Å². The van der Waals surface area contributed by atoms with Gasteiger partial charge in [-0.1, -0.05) is 0 Å². The highest BCUT2D eigenvalue weighted by Crippen LogP contribution is 2.28. The third-order valence-corrected chi connectivity index (χ3v) is 4.65. The largest absolute Gasteiger partial charge is 0.377 e. The molecule has 0 aromatic rings. The molecule has 3 fully saturated rings. The van der Waals surface area contributed by atoms with Crippen molar-refractivity contribution in [2.24, 2.45) is 17.6 Å². The van der Waals surface area contributed by atoms with Crippen LogP contribution >= 0.6 is 0 Å². The molecular weight excluding hydrogens is 214 g/mol. The zero-order valence-corrected chi connectivity index (χ0v) is 10.8. The van der Waals surface area contributed by atoms with Crippen molar-refractivity contribution in [2.45, 2.75) is 25.0 Å². The summed E-state index contributed by atoms with van der Waals surface area (Å²) in [4.78, 5) is 5.05. The number of nitrogens with zero attached hydrogens (tertiary/aromatic N) is 2. The molecule has 17 heavy (non-hydrogen) atoms. The highest BCUT2D eigenvalue weighted by molar-refractivity contribution is 4.96. The van der Waals surface area contributed by atoms with Gasteiger partial charge in [0.15, 0.2) is 0 Å². The minimum atomic E-state index is 0.423. The number of nitrogens with two attached hydrogens (primary N) is 1. The lowest BCUT2D eigenvalue weighted by molar-refractivity contribution is -0.00334. The summed E-state index contributed by atoms with van der Waals surface area (Å²) in [7, 11) is 2.22. The molecule has 98 valence electrons. The lowest BCUT2D eigenvalue weighted by atomic mass is 9.80. The van der Waals surface area contributed by atoms with Crippen LogP contribution in [0.4, 0.5) is 0 Å². The van der Waals surface area contributed by atoms with Gasteiger partial charge < -0.3 is 15.4 Å². The minimum Gasteiger partial charge on any atom is -0.377 e. The monoisotopic (exact) mass is 239 g/mol. The summed E-state index contributed by atoms with van der Waals surface area (Å²) in [6, 6.07) is 0.423. The topological polar surface area (TPSA) is 41.7 Å². The molecule has 0 saturated carbocycles. The second kappa shape index (κ2) is 4.84. The van der Waals surface area contributed by atoms with Gasteiger partial charge >= 0.3 is 0 Å². The summed E-state index contributed by atoms with van der Waals surface area (Å²) < 4.78 is 5.74. The second-order valence-electron chi connectivity index (χ2n) is 6.17. The Kier molecular flexibility index (Phi) is 3.39. The molecule has 3 heterocycles. The number of likely N-dealkylation sites (tertiary alicyclic amines) is 2. The summed E-state index contributed by atoms with van der Waals surface area (Å²) in [6.07, 6.45) is 2.98. The van der Waals surface area contributed by atoms with Crippen molar-refractivity contribution in [2.75, 3.05) is 46.4 Å². The average molecular weight is 239 g/mol. The van der Waals surface area contributed by atoms with E-state index in [0.717, 1.165) is 13.2 Å². The van der Waals surface area contributed by atoms with E-state index in [-0.39, 0.29) is 0 Å². The molecule has 0 aromatic heterocycles. The highest BCUT2D eigenvalue weighted by Gasteiger charge is 2.39. The molecule has 3 rings (SSSR count). The summed E-state index contributed by atoms with van der Waals surface area (Å²) in [5, 5.41) is 0. The van der Waals surface area contributed by atoms with Gasteiger partial charge in [0.1, 0.15) is 0 Å². The fraction of sp³-hybridized carbons (Fsp3) is 1.00. The molecule has 3 aliphatic rings. The smallest absolute Gasteiger partial charge is 0.0702 e. The van der Waals surface area contributed by atoms with Gasteiger partial charge in [0, 0.05) is 45.4 Å². The molecule has 3 atom stereocenters. The maximum Gasteiger partial charge on any atom is 0.0702 e. The van der Waals surface area contributed by atoms with E-state index in [2.05, 4.69) is 16.8 Å². The van der Waals surface area contributed by atoms with Gasteiger partial charge in [-0.15, -0.1) is 0 Å². The van der Waals surface area contributed by atoms with Gasteiger partial charge in [0.2, 0.25) is 0 Å². The first-order valence-electron chi connectivity index (χ1n) is 7.00. The van der Waals surface area contributed by atoms with Crippen LogP contribution in [0.5, 0.6) is 0 Å². The molecular formula is C13H25N3O. The number of hydrogen-bond donors (Lipinski definition) is 1. The van der Waals surface area contributed by atoms with E-state index in [1.807, 2.05) is 0 Å². The first-order chi connectivity index (χ1) is 8.22. The molecule has 3 saturated heterocycles. The number of fused-ring (bicyclic) bond motifs is 2. The quantitative estimate of drug-likeness (QED) is 0.736. The summed E-state index contributed by atoms with van der Waals surface area (Å²) >= 11 is 0. The number of hydrogen-bond acceptors (Lipinski definition) is 4. The van der Waals surface area contributed by atoms with Crippen LogP contribution in [0.3, 0.4) is 0 Å². The summed E-state index contributed by atoms with van der Waals surface area (Å²) in [5.74, 6) is 1.32. The van der Waals surface area contributed by atoms with Crippen molar-refractivity contribution >= 4 is 0 Å². The Bertz CT molecular complexity index is 251. The molecule has 0 radical (unpaired) electrons.